The smallest absolute Gasteiger partial charge is 0.319 e. The molecule has 0 spiro atoms. The number of anilines is 2. The van der Waals surface area contributed by atoms with E-state index in [9.17, 15) is 9.59 Å². The van der Waals surface area contributed by atoms with Crippen molar-refractivity contribution < 1.29 is 9.59 Å². The van der Waals surface area contributed by atoms with Crippen LogP contribution >= 0.6 is 0 Å². The summed E-state index contributed by atoms with van der Waals surface area (Å²) in [5, 5.41) is 8.55. The molecule has 0 saturated carbocycles. The number of para-hydroxylation sites is 1. The largest absolute Gasteiger partial charge is 0.338 e. The number of piperidine rings is 1. The second-order valence-corrected chi connectivity index (χ2v) is 8.01. The van der Waals surface area contributed by atoms with Crippen LogP contribution in [-0.2, 0) is 0 Å². The summed E-state index contributed by atoms with van der Waals surface area (Å²) in [7, 11) is 0. The Kier molecular flexibility index (Phi) is 8.27. The van der Waals surface area contributed by atoms with Crippen LogP contribution in [0, 0.1) is 5.92 Å². The molecule has 0 unspecified atom stereocenters. The highest BCUT2D eigenvalue weighted by Gasteiger charge is 2.14. The SMILES string of the molecule is CC1CCN(CCCCNC(=O)Nc2ccc(C(=O)Nc3ccccc3)cc2)CC1. The minimum absolute atomic E-state index is 0.180. The molecule has 1 fully saturated rings. The van der Waals surface area contributed by atoms with Crippen molar-refractivity contribution in [2.75, 3.05) is 36.8 Å². The van der Waals surface area contributed by atoms with Crippen LogP contribution in [0.1, 0.15) is 43.0 Å². The number of nitrogens with zero attached hydrogens (tertiary/aromatic N) is 1. The van der Waals surface area contributed by atoms with Gasteiger partial charge >= 0.3 is 6.03 Å². The maximum Gasteiger partial charge on any atom is 0.319 e. The number of benzene rings is 2. The first-order chi connectivity index (χ1) is 14.6. The Morgan fingerprint density at radius 1 is 0.900 bits per heavy atom. The fourth-order valence-electron chi connectivity index (χ4n) is 3.55. The van der Waals surface area contributed by atoms with E-state index in [4.69, 9.17) is 0 Å². The first-order valence-electron chi connectivity index (χ1n) is 10.8. The average Bonchev–Trinajstić information content (AvgIpc) is 2.76. The molecule has 0 aromatic heterocycles. The Hall–Kier alpha value is -2.86. The van der Waals surface area contributed by atoms with E-state index in [1.165, 1.54) is 25.9 Å². The summed E-state index contributed by atoms with van der Waals surface area (Å²) in [4.78, 5) is 26.9. The zero-order valence-electron chi connectivity index (χ0n) is 17.7. The summed E-state index contributed by atoms with van der Waals surface area (Å²) in [5.41, 5.74) is 1.95. The lowest BCUT2D eigenvalue weighted by Gasteiger charge is -2.30. The number of carbonyl (C=O) groups excluding carboxylic acids is 2. The van der Waals surface area contributed by atoms with E-state index in [0.29, 0.717) is 17.8 Å². The molecule has 30 heavy (non-hydrogen) atoms. The van der Waals surface area contributed by atoms with E-state index in [-0.39, 0.29) is 11.9 Å². The summed E-state index contributed by atoms with van der Waals surface area (Å²) in [6.45, 7) is 6.51. The number of hydrogen-bond donors (Lipinski definition) is 3. The second-order valence-electron chi connectivity index (χ2n) is 8.01. The molecule has 3 amide bonds. The Labute approximate surface area is 179 Å². The van der Waals surface area contributed by atoms with Crippen molar-refractivity contribution in [2.45, 2.75) is 32.6 Å². The predicted molar refractivity (Wildman–Crippen MR) is 122 cm³/mol. The van der Waals surface area contributed by atoms with Gasteiger partial charge in [-0.05, 0) is 87.6 Å². The normalized spacial score (nSPS) is 14.8. The van der Waals surface area contributed by atoms with E-state index < -0.39 is 0 Å². The summed E-state index contributed by atoms with van der Waals surface area (Å²) < 4.78 is 0. The molecule has 2 aromatic rings. The average molecular weight is 409 g/mol. The molecule has 1 heterocycles. The van der Waals surface area contributed by atoms with Gasteiger partial charge in [-0.2, -0.15) is 0 Å². The third kappa shape index (κ3) is 7.19. The van der Waals surface area contributed by atoms with Gasteiger partial charge in [0.25, 0.3) is 5.91 Å². The molecular weight excluding hydrogens is 376 g/mol. The van der Waals surface area contributed by atoms with Gasteiger partial charge in [0, 0.05) is 23.5 Å². The quantitative estimate of drug-likeness (QED) is 0.560. The van der Waals surface area contributed by atoms with Gasteiger partial charge in [-0.15, -0.1) is 0 Å². The zero-order valence-corrected chi connectivity index (χ0v) is 17.7. The minimum atomic E-state index is -0.219. The van der Waals surface area contributed by atoms with Crippen molar-refractivity contribution >= 4 is 23.3 Å². The van der Waals surface area contributed by atoms with Crippen LogP contribution in [-0.4, -0.2) is 43.0 Å². The van der Waals surface area contributed by atoms with Crippen molar-refractivity contribution in [3.05, 3.63) is 60.2 Å². The van der Waals surface area contributed by atoms with Crippen molar-refractivity contribution in [3.63, 3.8) is 0 Å². The highest BCUT2D eigenvalue weighted by molar-refractivity contribution is 6.04. The third-order valence-electron chi connectivity index (χ3n) is 5.50. The third-order valence-corrected chi connectivity index (χ3v) is 5.50. The number of carbonyl (C=O) groups is 2. The van der Waals surface area contributed by atoms with Gasteiger partial charge < -0.3 is 20.9 Å². The van der Waals surface area contributed by atoms with Crippen molar-refractivity contribution in [2.24, 2.45) is 5.92 Å². The van der Waals surface area contributed by atoms with Crippen LogP contribution in [0.15, 0.2) is 54.6 Å². The monoisotopic (exact) mass is 408 g/mol. The van der Waals surface area contributed by atoms with Crippen LogP contribution in [0.3, 0.4) is 0 Å². The topological polar surface area (TPSA) is 73.5 Å². The Balaban J connectivity index is 1.32. The molecule has 0 bridgehead atoms. The predicted octanol–water partition coefficient (Wildman–Crippen LogP) is 4.57. The number of amides is 3. The summed E-state index contributed by atoms with van der Waals surface area (Å²) in [5.74, 6) is 0.680. The van der Waals surface area contributed by atoms with E-state index >= 15 is 0 Å². The first-order valence-corrected chi connectivity index (χ1v) is 10.8. The van der Waals surface area contributed by atoms with Gasteiger partial charge in [0.2, 0.25) is 0 Å². The summed E-state index contributed by atoms with van der Waals surface area (Å²) >= 11 is 0. The molecule has 6 nitrogen and oxygen atoms in total. The maximum atomic E-state index is 12.3. The number of rotatable bonds is 8. The highest BCUT2D eigenvalue weighted by atomic mass is 16.2. The minimum Gasteiger partial charge on any atom is -0.338 e. The molecule has 3 N–H and O–H groups in total. The highest BCUT2D eigenvalue weighted by Crippen LogP contribution is 2.16. The Morgan fingerprint density at radius 3 is 2.27 bits per heavy atom. The van der Waals surface area contributed by atoms with Gasteiger partial charge in [0.1, 0.15) is 0 Å². The molecule has 0 radical (unpaired) electrons. The van der Waals surface area contributed by atoms with E-state index in [2.05, 4.69) is 27.8 Å². The zero-order chi connectivity index (χ0) is 21.2. The fourth-order valence-corrected chi connectivity index (χ4v) is 3.55. The molecule has 3 rings (SSSR count). The summed E-state index contributed by atoms with van der Waals surface area (Å²) in [6.07, 6.45) is 4.67. The van der Waals surface area contributed by atoms with Gasteiger partial charge in [-0.1, -0.05) is 25.1 Å². The van der Waals surface area contributed by atoms with Gasteiger partial charge in [-0.25, -0.2) is 4.79 Å². The first kappa shape index (κ1) is 21.8. The van der Waals surface area contributed by atoms with E-state index in [1.54, 1.807) is 24.3 Å². The number of urea groups is 1. The molecule has 0 atom stereocenters. The number of nitrogens with one attached hydrogen (secondary N) is 3. The van der Waals surface area contributed by atoms with Crippen molar-refractivity contribution in [3.8, 4) is 0 Å². The van der Waals surface area contributed by atoms with Crippen LogP contribution in [0.2, 0.25) is 0 Å². The molecule has 160 valence electrons. The van der Waals surface area contributed by atoms with Gasteiger partial charge in [0.05, 0.1) is 0 Å². The van der Waals surface area contributed by atoms with Crippen molar-refractivity contribution in [1.29, 1.82) is 0 Å². The van der Waals surface area contributed by atoms with Crippen LogP contribution in [0.4, 0.5) is 16.2 Å². The second kappa shape index (κ2) is 11.4. The van der Waals surface area contributed by atoms with Crippen molar-refractivity contribution in [1.82, 2.24) is 10.2 Å². The molecule has 1 saturated heterocycles. The molecule has 6 heteroatoms. The van der Waals surface area contributed by atoms with Crippen LogP contribution in [0.5, 0.6) is 0 Å². The molecular formula is C24H32N4O2. The van der Waals surface area contributed by atoms with Crippen LogP contribution < -0.4 is 16.0 Å². The van der Waals surface area contributed by atoms with E-state index in [0.717, 1.165) is 31.0 Å². The fraction of sp³-hybridized carbons (Fsp3) is 0.417. The Bertz CT molecular complexity index is 800. The summed E-state index contributed by atoms with van der Waals surface area (Å²) in [6, 6.07) is 16.0. The number of hydrogen-bond acceptors (Lipinski definition) is 3. The lowest BCUT2D eigenvalue weighted by molar-refractivity contribution is 0.102. The van der Waals surface area contributed by atoms with Crippen LogP contribution in [0.25, 0.3) is 0 Å². The maximum absolute atomic E-state index is 12.3. The van der Waals surface area contributed by atoms with Gasteiger partial charge in [-0.3, -0.25) is 4.79 Å². The molecule has 0 aliphatic carbocycles. The van der Waals surface area contributed by atoms with E-state index in [1.807, 2.05) is 30.3 Å². The Morgan fingerprint density at radius 2 is 1.57 bits per heavy atom. The molecule has 1 aliphatic heterocycles. The molecule has 2 aromatic carbocycles. The number of likely N-dealkylation sites (tertiary alicyclic amines) is 1. The standard InChI is InChI=1S/C24H32N4O2/c1-19-13-17-28(18-14-19)16-6-5-15-25-24(30)27-22-11-9-20(10-12-22)23(29)26-21-7-3-2-4-8-21/h2-4,7-12,19H,5-6,13-18H2,1H3,(H,26,29)(H2,25,27,30). The molecule has 1 aliphatic rings. The lowest BCUT2D eigenvalue weighted by atomic mass is 9.99. The number of unbranched alkanes of at least 4 members (excludes halogenated alkanes) is 1. The lowest BCUT2D eigenvalue weighted by Crippen LogP contribution is -2.34. The van der Waals surface area contributed by atoms with Gasteiger partial charge in [0.15, 0.2) is 0 Å².